The van der Waals surface area contributed by atoms with Gasteiger partial charge in [0.1, 0.15) is 24.8 Å². The van der Waals surface area contributed by atoms with E-state index in [-0.39, 0.29) is 54.6 Å². The van der Waals surface area contributed by atoms with Crippen molar-refractivity contribution < 1.29 is 84.8 Å². The summed E-state index contributed by atoms with van der Waals surface area (Å²) >= 11 is 5.09. The molecular weight excluding hydrogens is 1760 g/mol. The van der Waals surface area contributed by atoms with Crippen molar-refractivity contribution in [2.75, 3.05) is 60.8 Å². The van der Waals surface area contributed by atoms with E-state index in [1.165, 1.54) is 91.2 Å². The Morgan fingerprint density at radius 1 is 0.473 bits per heavy atom. The summed E-state index contributed by atoms with van der Waals surface area (Å²) in [6, 6.07) is 70.5. The highest BCUT2D eigenvalue weighted by molar-refractivity contribution is 7.87. The van der Waals surface area contributed by atoms with Gasteiger partial charge in [-0.3, -0.25) is 18.6 Å². The number of aromatic nitrogens is 4. The van der Waals surface area contributed by atoms with Gasteiger partial charge in [0.05, 0.1) is 71.6 Å². The topological polar surface area (TPSA) is 349 Å². The smallest absolute Gasteiger partial charge is 0.417 e. The van der Waals surface area contributed by atoms with E-state index in [1.54, 1.807) is 43.9 Å². The Morgan fingerprint density at radius 2 is 0.767 bits per heavy atom. The zero-order chi connectivity index (χ0) is 93.0. The van der Waals surface area contributed by atoms with Crippen LogP contribution >= 0.6 is 11.6 Å². The molecule has 14 aromatic rings. The lowest BCUT2D eigenvalue weighted by molar-refractivity contribution is -0.397. The Balaban J connectivity index is 0.000000157. The number of benzene rings is 12. The van der Waals surface area contributed by atoms with E-state index in [0.717, 1.165) is 97.2 Å². The first kappa shape index (κ1) is 96.1. The number of halogens is 3. The van der Waals surface area contributed by atoms with Crippen molar-refractivity contribution in [3.63, 3.8) is 0 Å². The number of nitrogens with one attached hydrogen (secondary N) is 1. The largest absolute Gasteiger partial charge is 0.434 e. The molecule has 2 saturated heterocycles. The minimum Gasteiger partial charge on any atom is -0.417 e. The van der Waals surface area contributed by atoms with Gasteiger partial charge < -0.3 is 58.7 Å². The second-order valence-corrected chi connectivity index (χ2v) is 42.4. The summed E-state index contributed by atoms with van der Waals surface area (Å²) in [5, 5.41) is 39.0. The quantitative estimate of drug-likeness (QED) is 0.0147. The van der Waals surface area contributed by atoms with E-state index in [1.807, 2.05) is 118 Å². The fraction of sp³-hybridized carbons (Fsp3) is 0.266. The number of hydrogen-bond acceptors (Lipinski definition) is 22. The van der Waals surface area contributed by atoms with Gasteiger partial charge >= 0.3 is 32.3 Å². The van der Waals surface area contributed by atoms with E-state index in [0.29, 0.717) is 50.6 Å². The van der Waals surface area contributed by atoms with E-state index in [4.69, 9.17) is 39.2 Å². The first-order chi connectivity index (χ1) is 61.0. The lowest BCUT2D eigenvalue weighted by atomic mass is 9.89. The van der Waals surface area contributed by atoms with Crippen molar-refractivity contribution in [2.24, 2.45) is 10.8 Å². The Morgan fingerprint density at radius 3 is 1.06 bits per heavy atom. The summed E-state index contributed by atoms with van der Waals surface area (Å²) in [6.45, 7) is 16.4. The Labute approximate surface area is 751 Å². The highest BCUT2D eigenvalue weighted by Crippen LogP contribution is 2.39. The predicted octanol–water partition coefficient (Wildman–Crippen LogP) is 18.3. The Hall–Kier alpha value is -12.0. The van der Waals surface area contributed by atoms with Gasteiger partial charge in [0, 0.05) is 57.0 Å². The lowest BCUT2D eigenvalue weighted by Gasteiger charge is -2.43. The molecular formula is C94H96ClF2N9O19S3Si. The maximum Gasteiger partial charge on any atom is 0.434 e. The molecule has 35 heteroatoms. The molecule has 129 heavy (non-hydrogen) atoms. The number of carbonyl (C=O) groups is 3. The predicted molar refractivity (Wildman–Crippen MR) is 492 cm³/mol. The van der Waals surface area contributed by atoms with Gasteiger partial charge in [0.15, 0.2) is 19.9 Å². The van der Waals surface area contributed by atoms with Crippen molar-refractivity contribution in [1.29, 1.82) is 0 Å². The average molecular weight is 1850 g/mol. The van der Waals surface area contributed by atoms with Crippen LogP contribution in [-0.4, -0.2) is 162 Å². The molecule has 0 radical (unpaired) electrons. The third-order valence-electron chi connectivity index (χ3n) is 21.6. The van der Waals surface area contributed by atoms with Crippen LogP contribution < -0.4 is 5.32 Å². The summed E-state index contributed by atoms with van der Waals surface area (Å²) in [6.07, 6.45) is 5.76. The third-order valence-corrected chi connectivity index (χ3v) is 25.8. The molecule has 28 nitrogen and oxygen atoms in total. The SMILES string of the molecule is CC1(C)OCC(CO[Si](C)(C)C)(Cn2ccnc2[N+](=O)[O-])CO1.CN(Cc1c2ccccc2cc2ccccc12)C(=O)c1ccc(S(=O)(=O)F)cc1.CN(Cc1c2ccccc2cc2ccccc12)C(=O)c1ccc(S(=O)(=O)OCC2(Cn3ccnc3[N+](=O)[O-])COC(C)(C)OC2)cc1.CNCc1c2ccccc2cc2ccccc12.O=C(Cl)c1ccc(S(=O)(=O)F)cc1. The number of nitrogens with zero attached hydrogens (tertiary/aromatic N) is 8. The molecule has 1 N–H and O–H groups in total. The van der Waals surface area contributed by atoms with Crippen molar-refractivity contribution in [3.8, 4) is 0 Å². The molecule has 16 rings (SSSR count). The molecule has 0 bridgehead atoms. The standard InChI is InChI=1S/C34H34N4O8S.C23H18FNO3S.C16H15N.C14H25N3O5Si.C7H4ClFO3S/c1-33(2)44-21-34(22-45-33,20-37-17-16-35-32(37)38(40)41)23-46-47(42,43)27-14-12-24(13-15-27)31(39)36(3)19-30-28-10-6-4-8-25(28)18-26-9-5-7-11-29(26)30;1-25(23(26)16-10-12-19(13-11-16)29(24,27)28)15-22-20-8-4-2-6-17(20)14-18-7-3-5-9-21(18)22;1-17-11-16-14-8-4-2-6-12(14)10-13-7-3-5-9-15(13)16;1-13(2)20-9-14(10-21-13,11-22-23(3,4)5)8-16-7-6-15-12(16)17(18)19;8-7(10)5-1-3-6(4-2-5)13(9,11)12/h4-18H,19-23H2,1-3H3;2-14H,15H2,1H3;2-10,17H,11H2,1H3;6-7H,8-11H2,1-5H3;1-4H. The van der Waals surface area contributed by atoms with E-state index in [2.05, 4.69) is 102 Å². The maximum atomic E-state index is 13.5. The molecule has 2 fully saturated rings. The molecule has 0 saturated carbocycles. The van der Waals surface area contributed by atoms with Crippen LogP contribution in [0.15, 0.2) is 276 Å². The van der Waals surface area contributed by atoms with Crippen molar-refractivity contribution in [1.82, 2.24) is 34.2 Å². The van der Waals surface area contributed by atoms with Crippen LogP contribution in [0.2, 0.25) is 19.6 Å². The van der Waals surface area contributed by atoms with Gasteiger partial charge in [0.2, 0.25) is 0 Å². The van der Waals surface area contributed by atoms with E-state index in [9.17, 15) is 67.6 Å². The fourth-order valence-corrected chi connectivity index (χ4v) is 17.6. The number of rotatable bonds is 24. The number of fused-ring (bicyclic) bond motifs is 6. The molecule has 0 atom stereocenters. The van der Waals surface area contributed by atoms with Crippen molar-refractivity contribution in [2.45, 2.75) is 106 Å². The van der Waals surface area contributed by atoms with Crippen molar-refractivity contribution in [3.05, 3.63) is 315 Å². The zero-order valence-electron chi connectivity index (χ0n) is 72.3. The molecule has 12 aromatic carbocycles. The number of nitro groups is 2. The molecule has 0 aliphatic carbocycles. The van der Waals surface area contributed by atoms with E-state index >= 15 is 0 Å². The first-order valence-electron chi connectivity index (χ1n) is 40.7. The normalized spacial score (nSPS) is 14.6. The molecule has 0 unspecified atom stereocenters. The van der Waals surface area contributed by atoms with Gasteiger partial charge in [-0.25, -0.2) is 9.13 Å². The monoisotopic (exact) mass is 1850 g/mol. The number of amides is 2. The number of imidazole rings is 2. The van der Waals surface area contributed by atoms with Crippen LogP contribution in [0.5, 0.6) is 0 Å². The van der Waals surface area contributed by atoms with Gasteiger partial charge in [-0.2, -0.15) is 25.3 Å². The van der Waals surface area contributed by atoms with Crippen LogP contribution in [0.25, 0.3) is 64.6 Å². The first-order valence-corrected chi connectivity index (χ1v) is 48.6. The molecule has 2 aromatic heterocycles. The molecule has 2 amide bonds. The second kappa shape index (κ2) is 40.3. The maximum absolute atomic E-state index is 13.5. The lowest BCUT2D eigenvalue weighted by Crippen LogP contribution is -2.52. The minimum atomic E-state index is -4.79. The van der Waals surface area contributed by atoms with Gasteiger partial charge in [-0.1, -0.05) is 156 Å². The van der Waals surface area contributed by atoms with Crippen LogP contribution in [-0.2, 0) is 90.8 Å². The second-order valence-electron chi connectivity index (χ2n) is 33.3. The summed E-state index contributed by atoms with van der Waals surface area (Å²) in [5.41, 5.74) is 2.64. The van der Waals surface area contributed by atoms with Crippen LogP contribution in [0, 0.1) is 31.1 Å². The Kier molecular flexibility index (Phi) is 30.0. The summed E-state index contributed by atoms with van der Waals surface area (Å²) < 4.78 is 132. The van der Waals surface area contributed by atoms with Crippen LogP contribution in [0.3, 0.4) is 0 Å². The van der Waals surface area contributed by atoms with Gasteiger partial charge in [0.25, 0.3) is 27.2 Å². The zero-order valence-corrected chi connectivity index (χ0v) is 76.5. The van der Waals surface area contributed by atoms with Crippen molar-refractivity contribution >= 4 is 144 Å². The van der Waals surface area contributed by atoms with Crippen LogP contribution in [0.4, 0.5) is 19.7 Å². The van der Waals surface area contributed by atoms with Gasteiger partial charge in [-0.15, -0.1) is 7.77 Å². The van der Waals surface area contributed by atoms with E-state index < -0.39 is 92.1 Å². The van der Waals surface area contributed by atoms with Crippen LogP contribution in [0.1, 0.15) is 75.5 Å². The molecule has 0 spiro atoms. The summed E-state index contributed by atoms with van der Waals surface area (Å²) in [7, 11) is -10.1. The highest BCUT2D eigenvalue weighted by atomic mass is 35.5. The third kappa shape index (κ3) is 24.3. The molecule has 4 heterocycles. The fourth-order valence-electron chi connectivity index (χ4n) is 14.8. The number of hydrogen-bond donors (Lipinski definition) is 1. The Bertz CT molecular complexity index is 6670. The molecule has 2 aliphatic heterocycles. The number of ether oxygens (including phenoxy) is 4. The number of carbonyl (C=O) groups excluding carboxylic acids is 3. The summed E-state index contributed by atoms with van der Waals surface area (Å²) in [5.74, 6) is -2.68. The average Bonchev–Trinajstić information content (AvgIpc) is 1.48. The van der Waals surface area contributed by atoms with Gasteiger partial charge in [-0.05, 0) is 248 Å². The minimum absolute atomic E-state index is 0.0244. The molecule has 2 aliphatic rings. The summed E-state index contributed by atoms with van der Waals surface area (Å²) in [4.78, 5) is 68.0. The highest BCUT2D eigenvalue weighted by Gasteiger charge is 2.46. The molecule has 674 valence electrons.